The largest absolute Gasteiger partial charge is 0.334 e. The third-order valence-electron chi connectivity index (χ3n) is 5.36. The molecule has 0 aliphatic carbocycles. The van der Waals surface area contributed by atoms with Crippen molar-refractivity contribution in [1.82, 2.24) is 15.1 Å². The molecule has 0 saturated carbocycles. The molecule has 1 aliphatic rings. The summed E-state index contributed by atoms with van der Waals surface area (Å²) < 4.78 is 0. The summed E-state index contributed by atoms with van der Waals surface area (Å²) in [4.78, 5) is 28.6. The van der Waals surface area contributed by atoms with Gasteiger partial charge in [-0.2, -0.15) is 0 Å². The van der Waals surface area contributed by atoms with Gasteiger partial charge >= 0.3 is 6.03 Å². The van der Waals surface area contributed by atoms with Crippen LogP contribution in [0.3, 0.4) is 0 Å². The monoisotopic (exact) mass is 425 g/mol. The van der Waals surface area contributed by atoms with Gasteiger partial charge in [-0.05, 0) is 24.0 Å². The van der Waals surface area contributed by atoms with Gasteiger partial charge < -0.3 is 10.2 Å². The average Bonchev–Trinajstić information content (AvgIpc) is 2.78. The second-order valence-corrected chi connectivity index (χ2v) is 8.90. The van der Waals surface area contributed by atoms with Crippen molar-refractivity contribution < 1.29 is 9.59 Å². The first-order valence-electron chi connectivity index (χ1n) is 10.6. The van der Waals surface area contributed by atoms with E-state index in [0.29, 0.717) is 5.75 Å². The van der Waals surface area contributed by atoms with E-state index in [1.165, 1.54) is 17.3 Å². The van der Waals surface area contributed by atoms with Crippen molar-refractivity contribution in [2.75, 3.05) is 38.5 Å². The minimum atomic E-state index is -0.0649. The Kier molecular flexibility index (Phi) is 8.78. The van der Waals surface area contributed by atoms with Crippen LogP contribution in [-0.2, 0) is 17.6 Å². The van der Waals surface area contributed by atoms with Gasteiger partial charge in [-0.25, -0.2) is 4.79 Å². The van der Waals surface area contributed by atoms with Crippen molar-refractivity contribution >= 4 is 22.9 Å². The highest BCUT2D eigenvalue weighted by Crippen LogP contribution is 2.12. The Hall–Kier alpha value is -2.31. The van der Waals surface area contributed by atoms with Gasteiger partial charge in [0.1, 0.15) is 0 Å². The van der Waals surface area contributed by atoms with Crippen molar-refractivity contribution in [2.45, 2.75) is 25.8 Å². The second-order valence-electron chi connectivity index (χ2n) is 7.70. The molecule has 2 aromatic carbocycles. The number of hydrogen-bond donors (Lipinski definition) is 1. The van der Waals surface area contributed by atoms with Gasteiger partial charge in [0.15, 0.2) is 5.12 Å². The first-order chi connectivity index (χ1) is 14.6. The molecule has 1 unspecified atom stereocenters. The average molecular weight is 426 g/mol. The van der Waals surface area contributed by atoms with Gasteiger partial charge in [0.25, 0.3) is 0 Å². The lowest BCUT2D eigenvalue weighted by Gasteiger charge is -2.35. The molecule has 5 nitrogen and oxygen atoms in total. The molecule has 160 valence electrons. The Bertz CT molecular complexity index is 793. The molecule has 1 heterocycles. The minimum absolute atomic E-state index is 0.0252. The van der Waals surface area contributed by atoms with Crippen LogP contribution in [0.15, 0.2) is 60.7 Å². The van der Waals surface area contributed by atoms with Crippen molar-refractivity contribution in [2.24, 2.45) is 0 Å². The van der Waals surface area contributed by atoms with E-state index in [4.69, 9.17) is 0 Å². The maximum atomic E-state index is 12.8. The van der Waals surface area contributed by atoms with Gasteiger partial charge in [-0.1, -0.05) is 72.4 Å². The van der Waals surface area contributed by atoms with Crippen molar-refractivity contribution in [3.05, 3.63) is 71.8 Å². The molecule has 1 N–H and O–H groups in total. The Morgan fingerprint density at radius 2 is 1.53 bits per heavy atom. The molecule has 0 radical (unpaired) electrons. The highest BCUT2D eigenvalue weighted by atomic mass is 32.2. The third kappa shape index (κ3) is 7.50. The molecule has 1 fully saturated rings. The number of nitrogens with one attached hydrogen (secondary N) is 1. The molecule has 30 heavy (non-hydrogen) atoms. The first kappa shape index (κ1) is 22.4. The van der Waals surface area contributed by atoms with Crippen LogP contribution in [0.25, 0.3) is 0 Å². The zero-order chi connectivity index (χ0) is 21.2. The van der Waals surface area contributed by atoms with Gasteiger partial charge in [-0.15, -0.1) is 0 Å². The van der Waals surface area contributed by atoms with Crippen molar-refractivity contribution in [3.63, 3.8) is 0 Å². The van der Waals surface area contributed by atoms with Crippen LogP contribution in [0, 0.1) is 0 Å². The molecule has 1 saturated heterocycles. The molecule has 2 amide bonds. The fraction of sp³-hybridized carbons (Fsp3) is 0.417. The van der Waals surface area contributed by atoms with Crippen LogP contribution in [0.1, 0.15) is 18.1 Å². The van der Waals surface area contributed by atoms with Gasteiger partial charge in [0.2, 0.25) is 0 Å². The van der Waals surface area contributed by atoms with E-state index >= 15 is 0 Å². The molecule has 1 atom stereocenters. The third-order valence-corrected chi connectivity index (χ3v) is 6.33. The van der Waals surface area contributed by atoms with E-state index in [9.17, 15) is 9.59 Å². The molecule has 1 aliphatic heterocycles. The molecule has 2 aromatic rings. The summed E-state index contributed by atoms with van der Waals surface area (Å²) in [5.41, 5.74) is 2.52. The summed E-state index contributed by atoms with van der Waals surface area (Å²) in [6, 6.07) is 20.5. The highest BCUT2D eigenvalue weighted by molar-refractivity contribution is 8.13. The van der Waals surface area contributed by atoms with E-state index in [0.717, 1.165) is 51.1 Å². The number of benzene rings is 2. The lowest BCUT2D eigenvalue weighted by Crippen LogP contribution is -2.54. The molecular weight excluding hydrogens is 394 g/mol. The van der Waals surface area contributed by atoms with Crippen LogP contribution < -0.4 is 5.32 Å². The predicted molar refractivity (Wildman–Crippen MR) is 124 cm³/mol. The predicted octanol–water partition coefficient (Wildman–Crippen LogP) is 3.45. The number of rotatable bonds is 8. The number of piperazine rings is 1. The second kappa shape index (κ2) is 11.8. The highest BCUT2D eigenvalue weighted by Gasteiger charge is 2.23. The van der Waals surface area contributed by atoms with Gasteiger partial charge in [0, 0.05) is 51.4 Å². The molecular formula is C24H31N3O2S. The summed E-state index contributed by atoms with van der Waals surface area (Å²) in [7, 11) is 0. The lowest BCUT2D eigenvalue weighted by atomic mass is 10.1. The molecule has 0 bridgehead atoms. The van der Waals surface area contributed by atoms with Gasteiger partial charge in [0.05, 0.1) is 0 Å². The van der Waals surface area contributed by atoms with E-state index in [1.807, 2.05) is 29.2 Å². The first-order valence-corrected chi connectivity index (χ1v) is 11.6. The van der Waals surface area contributed by atoms with Gasteiger partial charge in [-0.3, -0.25) is 9.69 Å². The molecule has 6 heteroatoms. The van der Waals surface area contributed by atoms with Crippen molar-refractivity contribution in [1.29, 1.82) is 0 Å². The number of hydrogen-bond acceptors (Lipinski definition) is 4. The number of amides is 2. The molecule has 0 spiro atoms. The SMILES string of the molecule is CC(=O)SCC(Cc1ccccc1)NC(=O)N1CCN(CCc2ccccc2)CC1. The van der Waals surface area contributed by atoms with E-state index in [1.54, 1.807) is 6.92 Å². The van der Waals surface area contributed by atoms with Crippen LogP contribution in [0.4, 0.5) is 4.79 Å². The van der Waals surface area contributed by atoms with Crippen molar-refractivity contribution in [3.8, 4) is 0 Å². The standard InChI is InChI=1S/C24H31N3O2S/c1-20(28)30-19-23(18-22-10-6-3-7-11-22)25-24(29)27-16-14-26(15-17-27)13-12-21-8-4-2-5-9-21/h2-11,23H,12-19H2,1H3,(H,25,29). The number of carbonyl (C=O) groups is 2. The van der Waals surface area contributed by atoms with E-state index < -0.39 is 0 Å². The fourth-order valence-corrected chi connectivity index (χ4v) is 4.28. The number of carbonyl (C=O) groups excluding carboxylic acids is 2. The maximum absolute atomic E-state index is 12.8. The quantitative estimate of drug-likeness (QED) is 0.704. The number of urea groups is 1. The van der Waals surface area contributed by atoms with Crippen LogP contribution in [0.2, 0.25) is 0 Å². The summed E-state index contributed by atoms with van der Waals surface area (Å²) in [5.74, 6) is 0.590. The number of nitrogens with zero attached hydrogens (tertiary/aromatic N) is 2. The number of thioether (sulfide) groups is 1. The molecule has 3 rings (SSSR count). The summed E-state index contributed by atoms with van der Waals surface area (Å²) in [6.45, 7) is 5.85. The summed E-state index contributed by atoms with van der Waals surface area (Å²) in [6.07, 6.45) is 1.76. The van der Waals surface area contributed by atoms with E-state index in [-0.39, 0.29) is 17.2 Å². The fourth-order valence-electron chi connectivity index (χ4n) is 3.64. The minimum Gasteiger partial charge on any atom is -0.334 e. The van der Waals surface area contributed by atoms with E-state index in [2.05, 4.69) is 46.6 Å². The summed E-state index contributed by atoms with van der Waals surface area (Å²) >= 11 is 1.27. The zero-order valence-electron chi connectivity index (χ0n) is 17.6. The Morgan fingerprint density at radius 3 is 2.13 bits per heavy atom. The van der Waals surface area contributed by atoms with Crippen LogP contribution >= 0.6 is 11.8 Å². The Balaban J connectivity index is 1.46. The maximum Gasteiger partial charge on any atom is 0.317 e. The normalized spacial score (nSPS) is 15.6. The summed E-state index contributed by atoms with van der Waals surface area (Å²) in [5, 5.41) is 3.24. The van der Waals surface area contributed by atoms with Crippen LogP contribution in [-0.4, -0.2) is 65.5 Å². The smallest absolute Gasteiger partial charge is 0.317 e. The zero-order valence-corrected chi connectivity index (χ0v) is 18.4. The lowest BCUT2D eigenvalue weighted by molar-refractivity contribution is -0.109. The Morgan fingerprint density at radius 1 is 0.933 bits per heavy atom. The van der Waals surface area contributed by atoms with Crippen LogP contribution in [0.5, 0.6) is 0 Å². The topological polar surface area (TPSA) is 52.7 Å². The molecule has 0 aromatic heterocycles. The Labute approximate surface area is 183 Å².